The molecule has 26 heavy (non-hydrogen) atoms. The van der Waals surface area contributed by atoms with Crippen molar-refractivity contribution in [1.82, 2.24) is 0 Å². The standard InChI is InChI=1S/C23H24O3/c1-3-6-19-7-4-5-8-23(19)26-16-20-15-17(10-14-22(20)25-2)9-13-21(24)18-11-12-18/h3-5,7-10,13-15,18H,1,6,11-12,16H2,2H3/b13-9+. The Morgan fingerprint density at radius 3 is 2.69 bits per heavy atom. The fourth-order valence-corrected chi connectivity index (χ4v) is 2.82. The highest BCUT2D eigenvalue weighted by Gasteiger charge is 2.27. The van der Waals surface area contributed by atoms with E-state index in [4.69, 9.17) is 9.47 Å². The van der Waals surface area contributed by atoms with Crippen molar-refractivity contribution < 1.29 is 14.3 Å². The van der Waals surface area contributed by atoms with E-state index in [0.29, 0.717) is 6.61 Å². The first-order valence-corrected chi connectivity index (χ1v) is 8.91. The maximum Gasteiger partial charge on any atom is 0.158 e. The molecular weight excluding hydrogens is 324 g/mol. The monoisotopic (exact) mass is 348 g/mol. The zero-order valence-electron chi connectivity index (χ0n) is 15.1. The molecule has 0 atom stereocenters. The van der Waals surface area contributed by atoms with E-state index in [1.807, 2.05) is 54.6 Å². The largest absolute Gasteiger partial charge is 0.496 e. The van der Waals surface area contributed by atoms with Crippen LogP contribution in [0.4, 0.5) is 0 Å². The first-order valence-electron chi connectivity index (χ1n) is 8.91. The van der Waals surface area contributed by atoms with E-state index < -0.39 is 0 Å². The molecule has 1 aliphatic rings. The average molecular weight is 348 g/mol. The molecule has 0 saturated heterocycles. The van der Waals surface area contributed by atoms with Crippen molar-refractivity contribution in [2.45, 2.75) is 25.9 Å². The van der Waals surface area contributed by atoms with E-state index in [1.165, 1.54) is 0 Å². The molecule has 3 heteroatoms. The summed E-state index contributed by atoms with van der Waals surface area (Å²) in [5.74, 6) is 2.09. The third kappa shape index (κ3) is 4.63. The van der Waals surface area contributed by atoms with E-state index in [-0.39, 0.29) is 11.7 Å². The van der Waals surface area contributed by atoms with Crippen LogP contribution in [-0.4, -0.2) is 12.9 Å². The number of carbonyl (C=O) groups excluding carboxylic acids is 1. The third-order valence-corrected chi connectivity index (χ3v) is 4.44. The molecule has 0 bridgehead atoms. The number of ether oxygens (including phenoxy) is 2. The van der Waals surface area contributed by atoms with Crippen LogP contribution in [0.1, 0.15) is 29.5 Å². The summed E-state index contributed by atoms with van der Waals surface area (Å²) in [7, 11) is 1.65. The summed E-state index contributed by atoms with van der Waals surface area (Å²) in [6, 6.07) is 13.8. The Labute approximate surface area is 155 Å². The number of allylic oxidation sites excluding steroid dienone is 2. The number of rotatable bonds is 9. The Morgan fingerprint density at radius 2 is 1.96 bits per heavy atom. The summed E-state index contributed by atoms with van der Waals surface area (Å²) in [6.45, 7) is 4.19. The minimum Gasteiger partial charge on any atom is -0.496 e. The summed E-state index contributed by atoms with van der Waals surface area (Å²) in [6.07, 6.45) is 8.23. The maximum atomic E-state index is 11.9. The number of hydrogen-bond donors (Lipinski definition) is 0. The van der Waals surface area contributed by atoms with Crippen molar-refractivity contribution in [1.29, 1.82) is 0 Å². The molecule has 0 N–H and O–H groups in total. The van der Waals surface area contributed by atoms with Crippen molar-refractivity contribution in [2.24, 2.45) is 5.92 Å². The lowest BCUT2D eigenvalue weighted by atomic mass is 10.1. The summed E-state index contributed by atoms with van der Waals surface area (Å²) in [5, 5.41) is 0. The van der Waals surface area contributed by atoms with Crippen molar-refractivity contribution >= 4 is 11.9 Å². The molecule has 0 spiro atoms. The number of hydrogen-bond acceptors (Lipinski definition) is 3. The van der Waals surface area contributed by atoms with E-state index in [9.17, 15) is 4.79 Å². The first-order chi connectivity index (χ1) is 12.7. The molecule has 1 fully saturated rings. The zero-order chi connectivity index (χ0) is 18.4. The van der Waals surface area contributed by atoms with Gasteiger partial charge in [-0.15, -0.1) is 6.58 Å². The van der Waals surface area contributed by atoms with Crippen LogP contribution in [0.3, 0.4) is 0 Å². The number of ketones is 1. The van der Waals surface area contributed by atoms with Crippen LogP contribution in [0.5, 0.6) is 11.5 Å². The van der Waals surface area contributed by atoms with Gasteiger partial charge in [-0.2, -0.15) is 0 Å². The predicted molar refractivity (Wildman–Crippen MR) is 104 cm³/mol. The summed E-state index contributed by atoms with van der Waals surface area (Å²) in [5.41, 5.74) is 3.02. The number of methoxy groups -OCH3 is 1. The van der Waals surface area contributed by atoms with Crippen LogP contribution in [0.15, 0.2) is 61.2 Å². The van der Waals surface area contributed by atoms with Gasteiger partial charge in [-0.05, 0) is 54.7 Å². The van der Waals surface area contributed by atoms with Gasteiger partial charge in [0, 0.05) is 11.5 Å². The normalized spacial score (nSPS) is 13.6. The second kappa shape index (κ2) is 8.52. The summed E-state index contributed by atoms with van der Waals surface area (Å²) < 4.78 is 11.5. The first kappa shape index (κ1) is 18.0. The highest BCUT2D eigenvalue weighted by atomic mass is 16.5. The van der Waals surface area contributed by atoms with Crippen LogP contribution in [0, 0.1) is 5.92 Å². The lowest BCUT2D eigenvalue weighted by molar-refractivity contribution is -0.115. The van der Waals surface area contributed by atoms with E-state index in [2.05, 4.69) is 6.58 Å². The van der Waals surface area contributed by atoms with Crippen LogP contribution in [0.2, 0.25) is 0 Å². The van der Waals surface area contributed by atoms with Crippen LogP contribution >= 0.6 is 0 Å². The smallest absolute Gasteiger partial charge is 0.158 e. The van der Waals surface area contributed by atoms with Gasteiger partial charge in [0.05, 0.1) is 7.11 Å². The number of carbonyl (C=O) groups is 1. The van der Waals surface area contributed by atoms with E-state index >= 15 is 0 Å². The van der Waals surface area contributed by atoms with Gasteiger partial charge in [-0.1, -0.05) is 36.4 Å². The quantitative estimate of drug-likeness (QED) is 0.473. The summed E-state index contributed by atoms with van der Waals surface area (Å²) >= 11 is 0. The molecule has 3 nitrogen and oxygen atoms in total. The topological polar surface area (TPSA) is 35.5 Å². The van der Waals surface area contributed by atoms with Crippen molar-refractivity contribution in [3.63, 3.8) is 0 Å². The fourth-order valence-electron chi connectivity index (χ4n) is 2.82. The molecule has 2 aromatic rings. The van der Waals surface area contributed by atoms with Gasteiger partial charge in [-0.25, -0.2) is 0 Å². The van der Waals surface area contributed by atoms with Crippen LogP contribution in [-0.2, 0) is 17.8 Å². The Bertz CT molecular complexity index is 816. The predicted octanol–water partition coefficient (Wildman–Crippen LogP) is 5.00. The zero-order valence-corrected chi connectivity index (χ0v) is 15.1. The average Bonchev–Trinajstić information content (AvgIpc) is 3.51. The molecule has 0 heterocycles. The van der Waals surface area contributed by atoms with Gasteiger partial charge in [0.15, 0.2) is 5.78 Å². The van der Waals surface area contributed by atoms with Crippen molar-refractivity contribution in [2.75, 3.05) is 7.11 Å². The molecule has 0 aliphatic heterocycles. The second-order valence-corrected chi connectivity index (χ2v) is 6.47. The summed E-state index contributed by atoms with van der Waals surface area (Å²) in [4.78, 5) is 11.9. The minimum absolute atomic E-state index is 0.219. The molecule has 134 valence electrons. The molecule has 0 aromatic heterocycles. The second-order valence-electron chi connectivity index (χ2n) is 6.47. The maximum absolute atomic E-state index is 11.9. The van der Waals surface area contributed by atoms with Gasteiger partial charge in [0.2, 0.25) is 0 Å². The van der Waals surface area contributed by atoms with Gasteiger partial charge < -0.3 is 9.47 Å². The van der Waals surface area contributed by atoms with E-state index in [0.717, 1.165) is 47.5 Å². The molecule has 0 radical (unpaired) electrons. The Balaban J connectivity index is 1.74. The van der Waals surface area contributed by atoms with E-state index in [1.54, 1.807) is 13.2 Å². The number of benzene rings is 2. The minimum atomic E-state index is 0.219. The fraction of sp³-hybridized carbons (Fsp3) is 0.261. The lowest BCUT2D eigenvalue weighted by Crippen LogP contribution is -2.01. The highest BCUT2D eigenvalue weighted by molar-refractivity contribution is 5.96. The SMILES string of the molecule is C=CCc1ccccc1OCc1cc(/C=C/C(=O)C2CC2)ccc1OC. The Morgan fingerprint density at radius 1 is 1.15 bits per heavy atom. The molecular formula is C23H24O3. The lowest BCUT2D eigenvalue weighted by Gasteiger charge is -2.13. The van der Waals surface area contributed by atoms with Gasteiger partial charge in [0.1, 0.15) is 18.1 Å². The van der Waals surface area contributed by atoms with Gasteiger partial charge in [-0.3, -0.25) is 4.79 Å². The molecule has 1 aliphatic carbocycles. The van der Waals surface area contributed by atoms with Gasteiger partial charge >= 0.3 is 0 Å². The molecule has 0 unspecified atom stereocenters. The molecule has 2 aromatic carbocycles. The van der Waals surface area contributed by atoms with Crippen molar-refractivity contribution in [3.05, 3.63) is 77.9 Å². The molecule has 3 rings (SSSR count). The third-order valence-electron chi connectivity index (χ3n) is 4.44. The van der Waals surface area contributed by atoms with Gasteiger partial charge in [0.25, 0.3) is 0 Å². The van der Waals surface area contributed by atoms with Crippen LogP contribution < -0.4 is 9.47 Å². The molecule has 1 saturated carbocycles. The highest BCUT2D eigenvalue weighted by Crippen LogP contribution is 2.30. The Hall–Kier alpha value is -2.81. The molecule has 0 amide bonds. The van der Waals surface area contributed by atoms with Crippen molar-refractivity contribution in [3.8, 4) is 11.5 Å². The van der Waals surface area contributed by atoms with Crippen LogP contribution in [0.25, 0.3) is 6.08 Å². The number of para-hydroxylation sites is 1. The Kier molecular flexibility index (Phi) is 5.90.